The number of nitrogens with two attached hydrogens (primary N) is 1. The quantitative estimate of drug-likeness (QED) is 0.728. The molecule has 6 heteroatoms. The van der Waals surface area contributed by atoms with Gasteiger partial charge >= 0.3 is 0 Å². The highest BCUT2D eigenvalue weighted by atomic mass is 35.5. The van der Waals surface area contributed by atoms with Crippen molar-refractivity contribution in [1.82, 2.24) is 5.32 Å². The number of nitrogens with one attached hydrogen (secondary N) is 1. The number of carbonyl (C=O) groups is 1. The van der Waals surface area contributed by atoms with Crippen LogP contribution >= 0.6 is 11.6 Å². The smallest absolute Gasteiger partial charge is 0.253 e. The van der Waals surface area contributed by atoms with E-state index in [9.17, 15) is 9.90 Å². The van der Waals surface area contributed by atoms with Gasteiger partial charge in [0.1, 0.15) is 5.60 Å². The minimum atomic E-state index is -1.02. The van der Waals surface area contributed by atoms with Gasteiger partial charge in [-0.1, -0.05) is 11.6 Å². The molecule has 1 heterocycles. The van der Waals surface area contributed by atoms with Gasteiger partial charge < -0.3 is 20.9 Å². The van der Waals surface area contributed by atoms with Crippen LogP contribution in [-0.2, 0) is 4.74 Å². The van der Waals surface area contributed by atoms with Crippen LogP contribution in [0.3, 0.4) is 0 Å². The van der Waals surface area contributed by atoms with Gasteiger partial charge in [-0.25, -0.2) is 0 Å². The average molecular weight is 285 g/mol. The summed E-state index contributed by atoms with van der Waals surface area (Å²) in [6.07, 6.45) is 0.198. The van der Waals surface area contributed by atoms with Gasteiger partial charge in [-0.05, 0) is 25.1 Å². The van der Waals surface area contributed by atoms with E-state index < -0.39 is 5.60 Å². The Bertz CT molecular complexity index is 495. The van der Waals surface area contributed by atoms with Crippen molar-refractivity contribution in [3.8, 4) is 0 Å². The number of hydrogen-bond donors (Lipinski definition) is 3. The van der Waals surface area contributed by atoms with Crippen molar-refractivity contribution in [2.75, 3.05) is 18.9 Å². The number of rotatable bonds is 3. The Morgan fingerprint density at radius 3 is 3.05 bits per heavy atom. The zero-order valence-corrected chi connectivity index (χ0v) is 11.4. The lowest BCUT2D eigenvalue weighted by atomic mass is 9.96. The van der Waals surface area contributed by atoms with Gasteiger partial charge in [-0.2, -0.15) is 0 Å². The van der Waals surface area contributed by atoms with Gasteiger partial charge in [0.05, 0.1) is 11.7 Å². The van der Waals surface area contributed by atoms with Gasteiger partial charge in [-0.15, -0.1) is 0 Å². The number of hydrogen-bond acceptors (Lipinski definition) is 4. The first-order valence-electron chi connectivity index (χ1n) is 6.09. The molecule has 1 amide bonds. The van der Waals surface area contributed by atoms with Gasteiger partial charge in [0.25, 0.3) is 5.91 Å². The first-order valence-corrected chi connectivity index (χ1v) is 6.47. The van der Waals surface area contributed by atoms with Crippen LogP contribution in [0.1, 0.15) is 23.7 Å². The molecule has 0 saturated carbocycles. The van der Waals surface area contributed by atoms with Crippen LogP contribution in [0.25, 0.3) is 0 Å². The average Bonchev–Trinajstić information content (AvgIpc) is 2.70. The molecule has 1 fully saturated rings. The molecule has 2 unspecified atom stereocenters. The van der Waals surface area contributed by atoms with E-state index in [2.05, 4.69) is 5.32 Å². The van der Waals surface area contributed by atoms with E-state index in [0.717, 1.165) is 0 Å². The van der Waals surface area contributed by atoms with Crippen molar-refractivity contribution in [2.45, 2.75) is 25.0 Å². The Hall–Kier alpha value is -1.30. The molecule has 19 heavy (non-hydrogen) atoms. The van der Waals surface area contributed by atoms with Gasteiger partial charge in [0, 0.05) is 30.3 Å². The van der Waals surface area contributed by atoms with E-state index in [0.29, 0.717) is 29.3 Å². The molecule has 0 bridgehead atoms. The highest BCUT2D eigenvalue weighted by Crippen LogP contribution is 2.25. The molecule has 0 aromatic heterocycles. The van der Waals surface area contributed by atoms with Crippen molar-refractivity contribution in [2.24, 2.45) is 0 Å². The molecular weight excluding hydrogens is 268 g/mol. The molecule has 1 saturated heterocycles. The molecule has 0 radical (unpaired) electrons. The fraction of sp³-hybridized carbons (Fsp3) is 0.462. The molecule has 5 nitrogen and oxygen atoms in total. The number of halogens is 1. The number of benzene rings is 1. The Kier molecular flexibility index (Phi) is 3.99. The zero-order valence-electron chi connectivity index (χ0n) is 10.6. The van der Waals surface area contributed by atoms with Crippen molar-refractivity contribution >= 4 is 23.2 Å². The normalized spacial score (nSPS) is 26.4. The summed E-state index contributed by atoms with van der Waals surface area (Å²) in [4.78, 5) is 12.0. The van der Waals surface area contributed by atoms with E-state index in [4.69, 9.17) is 22.1 Å². The summed E-state index contributed by atoms with van der Waals surface area (Å²) < 4.78 is 5.30. The number of ether oxygens (including phenoxy) is 1. The molecule has 1 aromatic rings. The van der Waals surface area contributed by atoms with Gasteiger partial charge in [-0.3, -0.25) is 4.79 Å². The lowest BCUT2D eigenvalue weighted by Gasteiger charge is -2.26. The standard InChI is InChI=1S/C13H17ClN2O3/c1-8-13(18,4-5-19-8)7-16-12(17)10-6-9(14)2-3-11(10)15/h2-3,6,8,18H,4-5,7,15H2,1H3,(H,16,17). The van der Waals surface area contributed by atoms with Crippen molar-refractivity contribution in [3.63, 3.8) is 0 Å². The van der Waals surface area contributed by atoms with Crippen LogP contribution < -0.4 is 11.1 Å². The lowest BCUT2D eigenvalue weighted by molar-refractivity contribution is -0.0251. The van der Waals surface area contributed by atoms with Crippen LogP contribution in [-0.4, -0.2) is 35.9 Å². The first-order chi connectivity index (χ1) is 8.92. The Morgan fingerprint density at radius 2 is 2.42 bits per heavy atom. The summed E-state index contributed by atoms with van der Waals surface area (Å²) in [7, 11) is 0. The Balaban J connectivity index is 2.03. The molecule has 1 aliphatic rings. The third-order valence-electron chi connectivity index (χ3n) is 3.47. The molecule has 2 rings (SSSR count). The van der Waals surface area contributed by atoms with Crippen LogP contribution in [0.4, 0.5) is 5.69 Å². The predicted octanol–water partition coefficient (Wildman–Crippen LogP) is 1.19. The largest absolute Gasteiger partial charge is 0.398 e. The van der Waals surface area contributed by atoms with Gasteiger partial charge in [0.15, 0.2) is 0 Å². The molecule has 0 aliphatic carbocycles. The minimum absolute atomic E-state index is 0.124. The highest BCUT2D eigenvalue weighted by molar-refractivity contribution is 6.31. The lowest BCUT2D eigenvalue weighted by Crippen LogP contribution is -2.47. The monoisotopic (exact) mass is 284 g/mol. The van der Waals surface area contributed by atoms with Gasteiger partial charge in [0.2, 0.25) is 0 Å². The summed E-state index contributed by atoms with van der Waals surface area (Å²) >= 11 is 5.83. The summed E-state index contributed by atoms with van der Waals surface area (Å²) in [6, 6.07) is 4.70. The second kappa shape index (κ2) is 5.36. The molecule has 1 aliphatic heterocycles. The van der Waals surface area contributed by atoms with Crippen LogP contribution in [0.2, 0.25) is 5.02 Å². The summed E-state index contributed by atoms with van der Waals surface area (Å²) in [5, 5.41) is 13.4. The van der Waals surface area contributed by atoms with Crippen LogP contribution in [0.5, 0.6) is 0 Å². The van der Waals surface area contributed by atoms with Crippen molar-refractivity contribution < 1.29 is 14.6 Å². The minimum Gasteiger partial charge on any atom is -0.398 e. The van der Waals surface area contributed by atoms with E-state index in [-0.39, 0.29) is 18.6 Å². The third-order valence-corrected chi connectivity index (χ3v) is 3.71. The van der Waals surface area contributed by atoms with Crippen LogP contribution in [0.15, 0.2) is 18.2 Å². The fourth-order valence-electron chi connectivity index (χ4n) is 2.06. The summed E-state index contributed by atoms with van der Waals surface area (Å²) in [5.41, 5.74) is 5.36. The molecule has 1 aromatic carbocycles. The maximum Gasteiger partial charge on any atom is 0.253 e. The second-order valence-electron chi connectivity index (χ2n) is 4.78. The third kappa shape index (κ3) is 3.00. The maximum atomic E-state index is 12.0. The van der Waals surface area contributed by atoms with E-state index in [1.165, 1.54) is 6.07 Å². The maximum absolute atomic E-state index is 12.0. The molecule has 4 N–H and O–H groups in total. The highest BCUT2D eigenvalue weighted by Gasteiger charge is 2.39. The first kappa shape index (κ1) is 14.1. The van der Waals surface area contributed by atoms with Crippen LogP contribution in [0, 0.1) is 0 Å². The fourth-order valence-corrected chi connectivity index (χ4v) is 2.23. The second-order valence-corrected chi connectivity index (χ2v) is 5.22. The summed E-state index contributed by atoms with van der Waals surface area (Å²) in [6.45, 7) is 2.40. The Morgan fingerprint density at radius 1 is 1.68 bits per heavy atom. The molecule has 0 spiro atoms. The van der Waals surface area contributed by atoms with Crippen molar-refractivity contribution in [1.29, 1.82) is 0 Å². The number of carbonyl (C=O) groups excluding carboxylic acids is 1. The van der Waals surface area contributed by atoms with E-state index in [1.54, 1.807) is 19.1 Å². The van der Waals surface area contributed by atoms with E-state index >= 15 is 0 Å². The number of amides is 1. The van der Waals surface area contributed by atoms with E-state index in [1.807, 2.05) is 0 Å². The predicted molar refractivity (Wildman–Crippen MR) is 73.2 cm³/mol. The SMILES string of the molecule is CC1OCCC1(O)CNC(=O)c1cc(Cl)ccc1N. The summed E-state index contributed by atoms with van der Waals surface area (Å²) in [5.74, 6) is -0.354. The zero-order chi connectivity index (χ0) is 14.0. The number of nitrogen functional groups attached to an aromatic ring is 1. The Labute approximate surface area is 116 Å². The number of anilines is 1. The molecule has 2 atom stereocenters. The molecule has 104 valence electrons. The molecular formula is C13H17ClN2O3. The van der Waals surface area contributed by atoms with Crippen molar-refractivity contribution in [3.05, 3.63) is 28.8 Å². The number of aliphatic hydroxyl groups is 1. The topological polar surface area (TPSA) is 84.6 Å².